The summed E-state index contributed by atoms with van der Waals surface area (Å²) in [6, 6.07) is -1.24. The Labute approximate surface area is 437 Å². The average Bonchev–Trinajstić information content (AvgIpc) is 3.86. The molecule has 19 N–H and O–H groups in total. The molecule has 412 valence electrons. The first-order chi connectivity index (χ1) is 35.1. The first kappa shape index (κ1) is 63.4. The lowest BCUT2D eigenvalue weighted by atomic mass is 10.0. The van der Waals surface area contributed by atoms with Gasteiger partial charge >= 0.3 is 0 Å². The minimum Gasteiger partial charge on any atom is -0.394 e. The molecule has 1 aliphatic rings. The molecule has 0 saturated carbocycles. The molecule has 0 unspecified atom stereocenters. The van der Waals surface area contributed by atoms with Crippen LogP contribution in [0.5, 0.6) is 0 Å². The Morgan fingerprint density at radius 3 is 1.70 bits per heavy atom. The summed E-state index contributed by atoms with van der Waals surface area (Å²) >= 11 is 2.73. The van der Waals surface area contributed by atoms with Gasteiger partial charge in [0.15, 0.2) is 5.96 Å². The Balaban J connectivity index is 2.18. The van der Waals surface area contributed by atoms with Crippen LogP contribution in [0, 0.1) is 0 Å². The van der Waals surface area contributed by atoms with Gasteiger partial charge in [-0.25, -0.2) is 0 Å². The van der Waals surface area contributed by atoms with Crippen molar-refractivity contribution >= 4 is 94.5 Å². The van der Waals surface area contributed by atoms with Gasteiger partial charge in [-0.15, -0.1) is 0 Å². The van der Waals surface area contributed by atoms with E-state index in [1.807, 2.05) is 0 Å². The van der Waals surface area contributed by atoms with Gasteiger partial charge in [-0.1, -0.05) is 30.3 Å². The second-order valence-electron chi connectivity index (χ2n) is 17.2. The maximum Gasteiger partial charge on any atom is 0.245 e. The van der Waals surface area contributed by atoms with E-state index in [4.69, 9.17) is 28.7 Å². The highest BCUT2D eigenvalue weighted by Crippen LogP contribution is 2.19. The quantitative estimate of drug-likeness (QED) is 0.0174. The number of primary amides is 2. The predicted octanol–water partition coefficient (Wildman–Crippen LogP) is -5.99. The number of hydrogen-bond acceptors (Lipinski definition) is 16. The van der Waals surface area contributed by atoms with Crippen LogP contribution in [-0.4, -0.2) is 186 Å². The zero-order valence-corrected chi connectivity index (χ0v) is 43.5. The maximum absolute atomic E-state index is 14.0. The van der Waals surface area contributed by atoms with Crippen molar-refractivity contribution in [1.29, 1.82) is 0 Å². The van der Waals surface area contributed by atoms with Crippen LogP contribution >= 0.6 is 23.5 Å². The van der Waals surface area contributed by atoms with Gasteiger partial charge in [0.1, 0.15) is 42.3 Å². The molecule has 0 radical (unpaired) electrons. The normalized spacial score (nSPS) is 15.7. The third kappa shape index (κ3) is 23.4. The van der Waals surface area contributed by atoms with Gasteiger partial charge in [-0.2, -0.15) is 23.5 Å². The number of nitrogens with one attached hydrogen (secondary N) is 8. The van der Waals surface area contributed by atoms with E-state index >= 15 is 0 Å². The lowest BCUT2D eigenvalue weighted by Crippen LogP contribution is -2.59. The number of aliphatic imine (C=N–C) groups is 1. The molecule has 1 saturated heterocycles. The van der Waals surface area contributed by atoms with E-state index in [9.17, 15) is 57.8 Å². The largest absolute Gasteiger partial charge is 0.394 e. The number of benzene rings is 1. The van der Waals surface area contributed by atoms with Crippen LogP contribution in [0.1, 0.15) is 63.9 Å². The topological polar surface area (TPSA) is 450 Å². The fourth-order valence-corrected chi connectivity index (χ4v) is 8.27. The van der Waals surface area contributed by atoms with Crippen LogP contribution in [0.2, 0.25) is 0 Å². The highest BCUT2D eigenvalue weighted by atomic mass is 32.2. The number of nitrogens with zero attached hydrogens (tertiary/aromatic N) is 2. The minimum atomic E-state index is -1.50. The number of hydrogen-bond donors (Lipinski definition) is 14. The molecule has 1 aliphatic heterocycles. The average molecular weight is 1080 g/mol. The van der Waals surface area contributed by atoms with Crippen molar-refractivity contribution in [3.05, 3.63) is 35.9 Å². The summed E-state index contributed by atoms with van der Waals surface area (Å²) in [4.78, 5) is 149. The van der Waals surface area contributed by atoms with E-state index < -0.39 is 133 Å². The highest BCUT2D eigenvalue weighted by Gasteiger charge is 2.37. The second-order valence-corrected chi connectivity index (χ2v) is 19.2. The van der Waals surface area contributed by atoms with E-state index in [-0.39, 0.29) is 57.6 Å². The number of likely N-dealkylation sites (tertiary alicyclic amines) is 1. The number of nitrogens with two attached hydrogens (primary N) is 5. The molecule has 0 bridgehead atoms. The molecule has 1 heterocycles. The van der Waals surface area contributed by atoms with Crippen LogP contribution in [-0.2, 0) is 59.2 Å². The maximum atomic E-state index is 14.0. The summed E-state index contributed by atoms with van der Waals surface area (Å²) in [6.07, 6.45) is 4.12. The van der Waals surface area contributed by atoms with E-state index in [0.717, 1.165) is 0 Å². The van der Waals surface area contributed by atoms with Gasteiger partial charge in [-0.3, -0.25) is 57.7 Å². The summed E-state index contributed by atoms with van der Waals surface area (Å²) < 4.78 is 0. The summed E-state index contributed by atoms with van der Waals surface area (Å²) in [6.45, 7) is -0.305. The first-order valence-corrected chi connectivity index (χ1v) is 26.6. The number of aliphatic hydroxyl groups is 1. The van der Waals surface area contributed by atoms with Gasteiger partial charge in [0, 0.05) is 25.9 Å². The number of thioether (sulfide) groups is 2. The van der Waals surface area contributed by atoms with Crippen LogP contribution in [0.3, 0.4) is 0 Å². The van der Waals surface area contributed by atoms with Gasteiger partial charge in [-0.05, 0) is 81.5 Å². The van der Waals surface area contributed by atoms with Gasteiger partial charge in [0.2, 0.25) is 65.0 Å². The van der Waals surface area contributed by atoms with Gasteiger partial charge in [0.05, 0.1) is 25.7 Å². The number of rotatable bonds is 34. The monoisotopic (exact) mass is 1080 g/mol. The molecular formula is C45H73N15O12S2. The first-order valence-electron chi connectivity index (χ1n) is 23.8. The fraction of sp³-hybridized carbons (Fsp3) is 0.600. The summed E-state index contributed by atoms with van der Waals surface area (Å²) in [5.74, 6) is -8.11. The van der Waals surface area contributed by atoms with E-state index in [2.05, 4.69) is 47.5 Å². The molecule has 1 fully saturated rings. The number of carbonyl (C=O) groups is 11. The van der Waals surface area contributed by atoms with Crippen molar-refractivity contribution in [2.24, 2.45) is 33.7 Å². The smallest absolute Gasteiger partial charge is 0.245 e. The van der Waals surface area contributed by atoms with Crippen molar-refractivity contribution in [2.75, 3.05) is 56.8 Å². The van der Waals surface area contributed by atoms with Crippen LogP contribution in [0.25, 0.3) is 0 Å². The third-order valence-electron chi connectivity index (χ3n) is 11.2. The lowest BCUT2D eigenvalue weighted by molar-refractivity contribution is -0.140. The zero-order chi connectivity index (χ0) is 55.3. The molecule has 1 aromatic rings. The highest BCUT2D eigenvalue weighted by molar-refractivity contribution is 7.98. The Morgan fingerprint density at radius 1 is 0.676 bits per heavy atom. The van der Waals surface area contributed by atoms with Gasteiger partial charge in [0.25, 0.3) is 0 Å². The summed E-state index contributed by atoms with van der Waals surface area (Å²) in [5.41, 5.74) is 27.8. The van der Waals surface area contributed by atoms with E-state index in [1.54, 1.807) is 42.8 Å². The molecule has 2 rings (SSSR count). The molecule has 0 aromatic heterocycles. The molecule has 8 atom stereocenters. The third-order valence-corrected chi connectivity index (χ3v) is 12.5. The van der Waals surface area contributed by atoms with E-state index in [0.29, 0.717) is 36.3 Å². The molecular weight excluding hydrogens is 1010 g/mol. The number of aliphatic hydroxyl groups excluding tert-OH is 1. The number of guanidine groups is 1. The molecule has 0 spiro atoms. The Kier molecular flexibility index (Phi) is 29.0. The Hall–Kier alpha value is -6.72. The number of carbonyl (C=O) groups excluding carboxylic acids is 11. The van der Waals surface area contributed by atoms with Crippen molar-refractivity contribution in [2.45, 2.75) is 113 Å². The minimum absolute atomic E-state index is 0.0656. The second kappa shape index (κ2) is 33.9. The molecule has 74 heavy (non-hydrogen) atoms. The van der Waals surface area contributed by atoms with E-state index in [1.165, 1.54) is 35.3 Å². The van der Waals surface area contributed by atoms with Gasteiger partial charge < -0.3 is 81.2 Å². The predicted molar refractivity (Wildman–Crippen MR) is 277 cm³/mol. The molecule has 0 aliphatic carbocycles. The molecule has 29 heteroatoms. The van der Waals surface area contributed by atoms with Crippen molar-refractivity contribution < 1.29 is 57.8 Å². The molecule has 27 nitrogen and oxygen atoms in total. The summed E-state index contributed by atoms with van der Waals surface area (Å²) in [7, 11) is 0. The lowest BCUT2D eigenvalue weighted by Gasteiger charge is -2.27. The molecule has 11 amide bonds. The number of amides is 11. The fourth-order valence-electron chi connectivity index (χ4n) is 7.33. The zero-order valence-electron chi connectivity index (χ0n) is 41.9. The van der Waals surface area contributed by atoms with Crippen LogP contribution < -0.4 is 71.2 Å². The van der Waals surface area contributed by atoms with Crippen LogP contribution in [0.4, 0.5) is 0 Å². The van der Waals surface area contributed by atoms with Crippen molar-refractivity contribution in [1.82, 2.24) is 47.4 Å². The van der Waals surface area contributed by atoms with Crippen molar-refractivity contribution in [3.8, 4) is 0 Å². The Bertz CT molecular complexity index is 2120. The standard InChI is InChI=1S/C45H73N15O12S2/c1-25(46)44(72)60-18-8-12-33(60)43(71)59-32(24-61)42(70)58-29(15-19-73-2)39(67)53-23-36(64)55-31(21-26-9-5-4-6-10-26)41(69)57-28(13-14-34(47)62)38(66)52-22-35(63)54-30(16-20-74-3)40(68)56-27(37(48)65)11-7-17-51-45(49)50/h4-6,9-10,25,27-33,61H,7-8,11-24,46H2,1-3H3,(H2,47,62)(H2,48,65)(H,52,66)(H,53,67)(H,54,63)(H,55,64)(H,56,68)(H,57,69)(H,58,70)(H,59,71)(H4,49,50,51)/t25-,27-,28-,29-,30-,31-,32-,33-/m0/s1. The molecule has 1 aromatic carbocycles. The van der Waals surface area contributed by atoms with Crippen molar-refractivity contribution in [3.63, 3.8) is 0 Å². The SMILES string of the molecule is CSCC[C@H](NC(=O)CNC(=O)[C@H](CCC(N)=O)NC(=O)[C@H](Cc1ccccc1)NC(=O)CNC(=O)[C@H](CCSC)NC(=O)[C@H](CO)NC(=O)[C@@H]1CCCN1C(=O)[C@H](C)N)C(=O)N[C@@H](CCCN=C(N)N)C(N)=O. The van der Waals surface area contributed by atoms with Crippen LogP contribution in [0.15, 0.2) is 35.3 Å². The summed E-state index contributed by atoms with van der Waals surface area (Å²) in [5, 5.41) is 29.9. The Morgan fingerprint density at radius 2 is 1.19 bits per heavy atom.